The summed E-state index contributed by atoms with van der Waals surface area (Å²) in [6.07, 6.45) is 3.23. The second kappa shape index (κ2) is 8.49. The van der Waals surface area contributed by atoms with Crippen molar-refractivity contribution < 1.29 is 22.7 Å². The highest BCUT2D eigenvalue weighted by molar-refractivity contribution is 7.88. The van der Waals surface area contributed by atoms with Crippen molar-refractivity contribution in [1.82, 2.24) is 9.62 Å². The normalized spacial score (nSPS) is 27.7. The van der Waals surface area contributed by atoms with Crippen LogP contribution in [0.25, 0.3) is 11.1 Å². The van der Waals surface area contributed by atoms with E-state index in [0.717, 1.165) is 24.7 Å². The van der Waals surface area contributed by atoms with Gasteiger partial charge in [-0.05, 0) is 55.1 Å². The van der Waals surface area contributed by atoms with E-state index in [1.165, 1.54) is 0 Å². The molecule has 4 aliphatic rings. The Labute approximate surface area is 193 Å². The van der Waals surface area contributed by atoms with Gasteiger partial charge < -0.3 is 10.0 Å². The van der Waals surface area contributed by atoms with Crippen LogP contribution in [0.3, 0.4) is 0 Å². The third-order valence-corrected chi connectivity index (χ3v) is 8.04. The zero-order valence-corrected chi connectivity index (χ0v) is 19.3. The zero-order chi connectivity index (χ0) is 23.3. The number of carbonyl (C=O) groups is 1. The van der Waals surface area contributed by atoms with Crippen LogP contribution in [0.4, 0.5) is 4.39 Å². The third kappa shape index (κ3) is 4.44. The largest absolute Gasteiger partial charge is 0.383 e. The van der Waals surface area contributed by atoms with Crippen molar-refractivity contribution >= 4 is 15.9 Å². The van der Waals surface area contributed by atoms with E-state index in [1.54, 1.807) is 23.1 Å². The smallest absolute Gasteiger partial charge is 0.252 e. The first-order chi connectivity index (χ1) is 15.7. The average Bonchev–Trinajstić information content (AvgIpc) is 3.59. The molecule has 4 fully saturated rings. The number of hydrogen-bond donors (Lipinski definition) is 2. The van der Waals surface area contributed by atoms with Gasteiger partial charge in [0.25, 0.3) is 5.91 Å². The Morgan fingerprint density at radius 2 is 1.85 bits per heavy atom. The van der Waals surface area contributed by atoms with Crippen LogP contribution in [0.5, 0.6) is 0 Å². The third-order valence-electron chi connectivity index (χ3n) is 7.34. The Hall–Kier alpha value is -2.29. The molecule has 8 heteroatoms. The van der Waals surface area contributed by atoms with Crippen molar-refractivity contribution in [2.75, 3.05) is 6.26 Å². The molecule has 1 amide bonds. The van der Waals surface area contributed by atoms with Crippen molar-refractivity contribution in [1.29, 1.82) is 0 Å². The van der Waals surface area contributed by atoms with E-state index in [2.05, 4.69) is 4.72 Å². The maximum Gasteiger partial charge on any atom is 0.252 e. The van der Waals surface area contributed by atoms with E-state index >= 15 is 4.39 Å². The maximum atomic E-state index is 15.6. The fraction of sp³-hybridized carbons (Fsp3) is 0.480. The molecule has 3 atom stereocenters. The van der Waals surface area contributed by atoms with E-state index in [0.29, 0.717) is 24.0 Å². The van der Waals surface area contributed by atoms with Crippen LogP contribution in [-0.4, -0.2) is 54.8 Å². The molecule has 2 saturated heterocycles. The number of carbonyl (C=O) groups excluding carboxylic acids is 1. The van der Waals surface area contributed by atoms with Crippen molar-refractivity contribution in [3.05, 3.63) is 59.9 Å². The average molecular weight is 473 g/mol. The number of hydrogen-bond acceptors (Lipinski definition) is 4. The second-order valence-electron chi connectivity index (χ2n) is 9.75. The van der Waals surface area contributed by atoms with Crippen LogP contribution in [-0.2, 0) is 21.2 Å². The molecule has 2 aromatic rings. The molecule has 2 heterocycles. The first kappa shape index (κ1) is 22.5. The Bertz CT molecular complexity index is 1150. The summed E-state index contributed by atoms with van der Waals surface area (Å²) in [5.41, 5.74) is 1.66. The Morgan fingerprint density at radius 3 is 2.48 bits per heavy atom. The minimum atomic E-state index is -3.54. The summed E-state index contributed by atoms with van der Waals surface area (Å²) in [6, 6.07) is 13.3. The number of nitrogens with zero attached hydrogens (tertiary/aromatic N) is 1. The van der Waals surface area contributed by atoms with Gasteiger partial charge in [0.05, 0.1) is 12.3 Å². The molecule has 2 aliphatic carbocycles. The van der Waals surface area contributed by atoms with Gasteiger partial charge in [0.1, 0.15) is 11.9 Å². The molecular formula is C25H29FN2O4S. The number of fused-ring (bicyclic) bond motifs is 2. The number of aliphatic hydroxyl groups is 1. The van der Waals surface area contributed by atoms with Gasteiger partial charge in [-0.1, -0.05) is 48.5 Å². The van der Waals surface area contributed by atoms with Crippen molar-refractivity contribution in [2.45, 2.75) is 56.3 Å². The highest BCUT2D eigenvalue weighted by Gasteiger charge is 2.54. The quantitative estimate of drug-likeness (QED) is 0.649. The van der Waals surface area contributed by atoms with Gasteiger partial charge in [-0.3, -0.25) is 4.79 Å². The minimum Gasteiger partial charge on any atom is -0.383 e. The molecule has 2 N–H and O–H groups in total. The van der Waals surface area contributed by atoms with Gasteiger partial charge in [0.15, 0.2) is 0 Å². The molecule has 2 saturated carbocycles. The lowest BCUT2D eigenvalue weighted by Crippen LogP contribution is -2.71. The number of sulfonamides is 1. The molecular weight excluding hydrogens is 443 g/mol. The molecule has 2 bridgehead atoms. The van der Waals surface area contributed by atoms with Gasteiger partial charge in [-0.15, -0.1) is 0 Å². The van der Waals surface area contributed by atoms with Gasteiger partial charge in [-0.2, -0.15) is 0 Å². The lowest BCUT2D eigenvalue weighted by molar-refractivity contribution is -0.159. The lowest BCUT2D eigenvalue weighted by Gasteiger charge is -2.58. The summed E-state index contributed by atoms with van der Waals surface area (Å²) in [5.74, 6) is -0.658. The van der Waals surface area contributed by atoms with Crippen LogP contribution < -0.4 is 4.72 Å². The Kier molecular flexibility index (Phi) is 5.79. The molecule has 6 rings (SSSR count). The monoisotopic (exact) mass is 472 g/mol. The first-order valence-electron chi connectivity index (χ1n) is 11.5. The molecule has 2 aliphatic heterocycles. The van der Waals surface area contributed by atoms with E-state index in [1.807, 2.05) is 30.3 Å². The fourth-order valence-corrected chi connectivity index (χ4v) is 6.31. The van der Waals surface area contributed by atoms with Crippen LogP contribution in [0.1, 0.15) is 31.2 Å². The summed E-state index contributed by atoms with van der Waals surface area (Å²) >= 11 is 0. The zero-order valence-electron chi connectivity index (χ0n) is 18.5. The minimum absolute atomic E-state index is 0.0320. The van der Waals surface area contributed by atoms with Crippen LogP contribution in [0.15, 0.2) is 48.5 Å². The highest BCUT2D eigenvalue weighted by Crippen LogP contribution is 2.46. The van der Waals surface area contributed by atoms with Crippen LogP contribution >= 0.6 is 0 Å². The number of amides is 1. The van der Waals surface area contributed by atoms with Gasteiger partial charge >= 0.3 is 0 Å². The van der Waals surface area contributed by atoms with E-state index in [9.17, 15) is 18.3 Å². The van der Waals surface area contributed by atoms with Crippen molar-refractivity contribution in [3.63, 3.8) is 0 Å². The summed E-state index contributed by atoms with van der Waals surface area (Å²) in [7, 11) is -3.54. The van der Waals surface area contributed by atoms with E-state index in [-0.39, 0.29) is 36.0 Å². The maximum absolute atomic E-state index is 15.6. The number of halogens is 1. The molecule has 0 radical (unpaired) electrons. The summed E-state index contributed by atoms with van der Waals surface area (Å²) < 4.78 is 42.7. The number of piperidine rings is 2. The topological polar surface area (TPSA) is 86.7 Å². The summed E-state index contributed by atoms with van der Waals surface area (Å²) in [5, 5.41) is 10.6. The van der Waals surface area contributed by atoms with Crippen LogP contribution in [0.2, 0.25) is 0 Å². The number of rotatable bonds is 7. The lowest BCUT2D eigenvalue weighted by atomic mass is 9.66. The number of nitrogens with one attached hydrogen (secondary N) is 1. The van der Waals surface area contributed by atoms with E-state index in [4.69, 9.17) is 0 Å². The summed E-state index contributed by atoms with van der Waals surface area (Å²) in [4.78, 5) is 15.0. The Morgan fingerprint density at radius 1 is 1.15 bits per heavy atom. The molecule has 176 valence electrons. The van der Waals surface area contributed by atoms with Crippen molar-refractivity contribution in [3.8, 4) is 11.1 Å². The second-order valence-corrected chi connectivity index (χ2v) is 11.5. The fourth-order valence-electron chi connectivity index (χ4n) is 5.47. The molecule has 2 aromatic carbocycles. The SMILES string of the molecule is CS(=O)(=O)N[C@H]1C2CC(C2)N(C(=O)[C@H](O)C2CC2)[C@H]1Cc1cccc(-c2ccccc2)c1F. The first-order valence-corrected chi connectivity index (χ1v) is 13.4. The predicted molar refractivity (Wildman–Crippen MR) is 123 cm³/mol. The Balaban J connectivity index is 1.50. The summed E-state index contributed by atoms with van der Waals surface area (Å²) in [6.45, 7) is 0. The highest BCUT2D eigenvalue weighted by atomic mass is 32.2. The molecule has 6 nitrogen and oxygen atoms in total. The van der Waals surface area contributed by atoms with Gasteiger partial charge in [0, 0.05) is 17.6 Å². The molecule has 0 aromatic heterocycles. The standard InChI is InChI=1S/C25H29FN2O4S/c1-33(31,32)27-23-18-12-19(13-18)28(25(30)24(29)16-10-11-16)21(23)14-17-8-5-9-20(22(17)26)15-6-3-2-4-7-15/h2-9,16,18-19,21,23-24,27,29H,10-14H2,1H3/t18?,19?,21-,23-,24+/m0/s1. The molecule has 0 spiro atoms. The van der Waals surface area contributed by atoms with E-state index < -0.39 is 28.2 Å². The molecule has 33 heavy (non-hydrogen) atoms. The van der Waals surface area contributed by atoms with Gasteiger partial charge in [-0.25, -0.2) is 17.5 Å². The predicted octanol–water partition coefficient (Wildman–Crippen LogP) is 2.71. The number of aliphatic hydroxyl groups excluding tert-OH is 1. The van der Waals surface area contributed by atoms with Crippen LogP contribution in [0, 0.1) is 17.7 Å². The van der Waals surface area contributed by atoms with Crippen molar-refractivity contribution in [2.24, 2.45) is 11.8 Å². The molecule has 0 unspecified atom stereocenters. The van der Waals surface area contributed by atoms with Gasteiger partial charge in [0.2, 0.25) is 10.0 Å². The number of benzene rings is 2.